The van der Waals surface area contributed by atoms with E-state index in [9.17, 15) is 0 Å². The number of aliphatic imine (C=N–C) groups is 1. The summed E-state index contributed by atoms with van der Waals surface area (Å²) in [5.41, 5.74) is 3.56. The summed E-state index contributed by atoms with van der Waals surface area (Å²) >= 11 is 1.73. The molecule has 0 amide bonds. The number of ether oxygens (including phenoxy) is 1. The molecule has 1 heterocycles. The van der Waals surface area contributed by atoms with E-state index in [4.69, 9.17) is 4.74 Å². The Morgan fingerprint density at radius 3 is 2.58 bits per heavy atom. The highest BCUT2D eigenvalue weighted by Crippen LogP contribution is 2.19. The fourth-order valence-electron chi connectivity index (χ4n) is 2.50. The zero-order chi connectivity index (χ0) is 18.1. The highest BCUT2D eigenvalue weighted by molar-refractivity contribution is 14.0. The van der Waals surface area contributed by atoms with Gasteiger partial charge in [0.05, 0.1) is 17.8 Å². The third-order valence-electron chi connectivity index (χ3n) is 3.98. The Labute approximate surface area is 177 Å². The molecule has 2 N–H and O–H groups in total. The summed E-state index contributed by atoms with van der Waals surface area (Å²) in [4.78, 5) is 8.85. The van der Waals surface area contributed by atoms with E-state index in [2.05, 4.69) is 58.0 Å². The zero-order valence-electron chi connectivity index (χ0n) is 16.0. The summed E-state index contributed by atoms with van der Waals surface area (Å²) in [5, 5.41) is 10.0. The van der Waals surface area contributed by atoms with Gasteiger partial charge in [0.25, 0.3) is 0 Å². The molecule has 1 aromatic carbocycles. The minimum atomic E-state index is 0. The van der Waals surface area contributed by atoms with Crippen molar-refractivity contribution in [2.24, 2.45) is 4.99 Å². The number of hydrogen-bond acceptors (Lipinski definition) is 4. The van der Waals surface area contributed by atoms with Gasteiger partial charge in [-0.05, 0) is 37.0 Å². The molecule has 0 aliphatic heterocycles. The third kappa shape index (κ3) is 7.11. The van der Waals surface area contributed by atoms with E-state index in [-0.39, 0.29) is 24.0 Å². The number of halogens is 1. The standard InChI is InChI=1S/C19H28N4OS.HI/c1-5-18-23-16(13-25-18)9-11-22-19(20-3)21-10-8-15-7-6-14(2)17(12-15)24-4;/h6-7,12-13H,5,8-11H2,1-4H3,(H2,20,21,22);1H. The molecule has 0 unspecified atom stereocenters. The van der Waals surface area contributed by atoms with Gasteiger partial charge in [0.2, 0.25) is 0 Å². The molecule has 0 aliphatic rings. The summed E-state index contributed by atoms with van der Waals surface area (Å²) in [5.74, 6) is 1.76. The Kier molecular flexibility index (Phi) is 10.6. The minimum absolute atomic E-state index is 0. The van der Waals surface area contributed by atoms with Gasteiger partial charge in [0.15, 0.2) is 5.96 Å². The normalized spacial score (nSPS) is 11.0. The van der Waals surface area contributed by atoms with E-state index in [0.29, 0.717) is 0 Å². The number of nitrogens with zero attached hydrogens (tertiary/aromatic N) is 2. The lowest BCUT2D eigenvalue weighted by atomic mass is 10.1. The molecule has 144 valence electrons. The van der Waals surface area contributed by atoms with Crippen LogP contribution in [0.4, 0.5) is 0 Å². The van der Waals surface area contributed by atoms with Crippen LogP contribution in [0, 0.1) is 6.92 Å². The lowest BCUT2D eigenvalue weighted by Crippen LogP contribution is -2.39. The average molecular weight is 488 g/mol. The van der Waals surface area contributed by atoms with Gasteiger partial charge in [0.1, 0.15) is 5.75 Å². The van der Waals surface area contributed by atoms with E-state index in [0.717, 1.165) is 55.3 Å². The molecule has 26 heavy (non-hydrogen) atoms. The van der Waals surface area contributed by atoms with Crippen molar-refractivity contribution in [1.29, 1.82) is 0 Å². The Morgan fingerprint density at radius 1 is 1.23 bits per heavy atom. The van der Waals surface area contributed by atoms with Crippen molar-refractivity contribution in [1.82, 2.24) is 15.6 Å². The molecule has 0 atom stereocenters. The second kappa shape index (κ2) is 12.1. The summed E-state index contributed by atoms with van der Waals surface area (Å²) in [6.45, 7) is 5.84. The Hall–Kier alpha value is -1.35. The second-order valence-corrected chi connectivity index (χ2v) is 6.76. The van der Waals surface area contributed by atoms with Crippen molar-refractivity contribution in [3.8, 4) is 5.75 Å². The Balaban J connectivity index is 0.00000338. The second-order valence-electron chi connectivity index (χ2n) is 5.82. The summed E-state index contributed by atoms with van der Waals surface area (Å²) < 4.78 is 5.38. The van der Waals surface area contributed by atoms with Crippen molar-refractivity contribution < 1.29 is 4.74 Å². The first kappa shape index (κ1) is 22.7. The molecule has 2 aromatic rings. The average Bonchev–Trinajstić information content (AvgIpc) is 3.09. The lowest BCUT2D eigenvalue weighted by Gasteiger charge is -2.12. The largest absolute Gasteiger partial charge is 0.496 e. The maximum atomic E-state index is 5.38. The number of aryl methyl sites for hydroxylation is 2. The fraction of sp³-hybridized carbons (Fsp3) is 0.474. The Bertz CT molecular complexity index is 703. The van der Waals surface area contributed by atoms with Gasteiger partial charge in [-0.2, -0.15) is 0 Å². The van der Waals surface area contributed by atoms with Crippen LogP contribution in [0.5, 0.6) is 5.75 Å². The first-order valence-corrected chi connectivity index (χ1v) is 9.55. The van der Waals surface area contributed by atoms with Crippen LogP contribution in [0.3, 0.4) is 0 Å². The molecule has 7 heteroatoms. The number of hydrogen-bond donors (Lipinski definition) is 2. The van der Waals surface area contributed by atoms with Crippen LogP contribution >= 0.6 is 35.3 Å². The van der Waals surface area contributed by atoms with Gasteiger partial charge < -0.3 is 15.4 Å². The molecule has 0 radical (unpaired) electrons. The molecule has 0 bridgehead atoms. The van der Waals surface area contributed by atoms with Crippen LogP contribution in [0.25, 0.3) is 0 Å². The van der Waals surface area contributed by atoms with Crippen molar-refractivity contribution in [3.05, 3.63) is 45.4 Å². The van der Waals surface area contributed by atoms with Gasteiger partial charge in [-0.1, -0.05) is 19.1 Å². The first-order valence-electron chi connectivity index (χ1n) is 8.67. The molecular weight excluding hydrogens is 459 g/mol. The van der Waals surface area contributed by atoms with E-state index >= 15 is 0 Å². The van der Waals surface area contributed by atoms with Crippen molar-refractivity contribution in [2.45, 2.75) is 33.1 Å². The Morgan fingerprint density at radius 2 is 1.96 bits per heavy atom. The molecule has 5 nitrogen and oxygen atoms in total. The quantitative estimate of drug-likeness (QED) is 0.339. The molecule has 0 fully saturated rings. The SMILES string of the molecule is CCc1nc(CCNC(=NC)NCCc2ccc(C)c(OC)c2)cs1.I. The number of nitrogens with one attached hydrogen (secondary N) is 2. The summed E-state index contributed by atoms with van der Waals surface area (Å²) in [6.07, 6.45) is 2.83. The lowest BCUT2D eigenvalue weighted by molar-refractivity contribution is 0.411. The van der Waals surface area contributed by atoms with Gasteiger partial charge in [-0.3, -0.25) is 4.99 Å². The molecule has 1 aromatic heterocycles. The summed E-state index contributed by atoms with van der Waals surface area (Å²) in [6, 6.07) is 6.34. The number of aromatic nitrogens is 1. The maximum Gasteiger partial charge on any atom is 0.190 e. The number of rotatable bonds is 8. The third-order valence-corrected chi connectivity index (χ3v) is 5.02. The van der Waals surface area contributed by atoms with Crippen LogP contribution in [0.2, 0.25) is 0 Å². The van der Waals surface area contributed by atoms with E-state index < -0.39 is 0 Å². The molecule has 0 saturated heterocycles. The minimum Gasteiger partial charge on any atom is -0.496 e. The molecule has 0 aliphatic carbocycles. The monoisotopic (exact) mass is 488 g/mol. The predicted molar refractivity (Wildman–Crippen MR) is 121 cm³/mol. The number of methoxy groups -OCH3 is 1. The highest BCUT2D eigenvalue weighted by atomic mass is 127. The van der Waals surface area contributed by atoms with Crippen LogP contribution in [-0.2, 0) is 19.3 Å². The van der Waals surface area contributed by atoms with Crippen molar-refractivity contribution in [2.75, 3.05) is 27.2 Å². The molecule has 2 rings (SSSR count). The number of guanidine groups is 1. The van der Waals surface area contributed by atoms with Gasteiger partial charge in [-0.15, -0.1) is 35.3 Å². The van der Waals surface area contributed by atoms with Gasteiger partial charge in [-0.25, -0.2) is 4.98 Å². The van der Waals surface area contributed by atoms with Crippen LogP contribution in [0.1, 0.15) is 28.8 Å². The van der Waals surface area contributed by atoms with Crippen molar-refractivity contribution in [3.63, 3.8) is 0 Å². The molecule has 0 saturated carbocycles. The number of thiazole rings is 1. The topological polar surface area (TPSA) is 58.5 Å². The van der Waals surface area contributed by atoms with E-state index in [1.807, 2.05) is 0 Å². The van der Waals surface area contributed by atoms with E-state index in [1.54, 1.807) is 25.5 Å². The van der Waals surface area contributed by atoms with Crippen molar-refractivity contribution >= 4 is 41.3 Å². The molecule has 0 spiro atoms. The van der Waals surface area contributed by atoms with Crippen LogP contribution in [0.15, 0.2) is 28.6 Å². The van der Waals surface area contributed by atoms with E-state index in [1.165, 1.54) is 10.6 Å². The first-order chi connectivity index (χ1) is 12.2. The van der Waals surface area contributed by atoms with Crippen LogP contribution in [-0.4, -0.2) is 38.2 Å². The maximum absolute atomic E-state index is 5.38. The summed E-state index contributed by atoms with van der Waals surface area (Å²) in [7, 11) is 3.50. The zero-order valence-corrected chi connectivity index (χ0v) is 19.1. The smallest absolute Gasteiger partial charge is 0.190 e. The van der Waals surface area contributed by atoms with Gasteiger partial charge >= 0.3 is 0 Å². The highest BCUT2D eigenvalue weighted by Gasteiger charge is 2.03. The van der Waals surface area contributed by atoms with Gasteiger partial charge in [0, 0.05) is 31.9 Å². The predicted octanol–water partition coefficient (Wildman–Crippen LogP) is 3.59. The van der Waals surface area contributed by atoms with Crippen LogP contribution < -0.4 is 15.4 Å². The molecular formula is C19H29IN4OS. The number of benzene rings is 1. The fourth-order valence-corrected chi connectivity index (χ4v) is 3.28.